The van der Waals surface area contributed by atoms with Gasteiger partial charge in [-0.3, -0.25) is 0 Å². The maximum absolute atomic E-state index is 12.0. The van der Waals surface area contributed by atoms with Gasteiger partial charge < -0.3 is 9.47 Å². The highest BCUT2D eigenvalue weighted by molar-refractivity contribution is 5.85. The van der Waals surface area contributed by atoms with Crippen molar-refractivity contribution in [2.45, 2.75) is 64.1 Å². The normalized spacial score (nSPS) is 42.1. The number of rotatable bonds is 3. The van der Waals surface area contributed by atoms with Crippen LogP contribution >= 0.6 is 0 Å². The zero-order valence-electron chi connectivity index (χ0n) is 10.5. The Kier molecular flexibility index (Phi) is 2.99. The van der Waals surface area contributed by atoms with Crippen LogP contribution in [0.5, 0.6) is 0 Å². The number of esters is 1. The van der Waals surface area contributed by atoms with Gasteiger partial charge in [-0.25, -0.2) is 4.79 Å². The van der Waals surface area contributed by atoms with Crippen LogP contribution in [0.25, 0.3) is 0 Å². The Balaban J connectivity index is 2.07. The van der Waals surface area contributed by atoms with Crippen molar-refractivity contribution in [1.82, 2.24) is 0 Å². The molecule has 0 N–H and O–H groups in total. The number of ether oxygens (including phenoxy) is 2. The van der Waals surface area contributed by atoms with Gasteiger partial charge in [-0.1, -0.05) is 13.8 Å². The fourth-order valence-corrected chi connectivity index (χ4v) is 3.06. The Labute approximate surface area is 97.5 Å². The Hall–Kier alpha value is -0.570. The zero-order chi connectivity index (χ0) is 11.8. The lowest BCUT2D eigenvalue weighted by Gasteiger charge is -2.26. The summed E-state index contributed by atoms with van der Waals surface area (Å²) in [4.78, 5) is 12.0. The fourth-order valence-electron chi connectivity index (χ4n) is 3.06. The lowest BCUT2D eigenvalue weighted by Crippen LogP contribution is -2.37. The third-order valence-electron chi connectivity index (χ3n) is 4.25. The lowest BCUT2D eigenvalue weighted by atomic mass is 9.75. The van der Waals surface area contributed by atoms with E-state index in [0.717, 1.165) is 25.2 Å². The van der Waals surface area contributed by atoms with E-state index >= 15 is 0 Å². The molecule has 1 atom stereocenters. The standard InChI is InChI=1S/C13H22O3/c1-4-13(11(14)15-5-2)12(16-13)8-6-10(3)7-9-12/h10H,4-9H2,1-3H3. The Bertz CT molecular complexity index is 279. The molecule has 0 aromatic carbocycles. The quantitative estimate of drug-likeness (QED) is 0.548. The van der Waals surface area contributed by atoms with E-state index in [1.54, 1.807) is 0 Å². The summed E-state index contributed by atoms with van der Waals surface area (Å²) in [5.41, 5.74) is -0.788. The van der Waals surface area contributed by atoms with E-state index in [4.69, 9.17) is 9.47 Å². The molecule has 1 saturated heterocycles. The van der Waals surface area contributed by atoms with Gasteiger partial charge >= 0.3 is 5.97 Å². The molecule has 1 aliphatic heterocycles. The second kappa shape index (κ2) is 4.02. The highest BCUT2D eigenvalue weighted by atomic mass is 16.7. The third-order valence-corrected chi connectivity index (χ3v) is 4.25. The van der Waals surface area contributed by atoms with Crippen molar-refractivity contribution in [3.63, 3.8) is 0 Å². The van der Waals surface area contributed by atoms with Gasteiger partial charge in [-0.05, 0) is 44.9 Å². The third kappa shape index (κ3) is 1.56. The van der Waals surface area contributed by atoms with E-state index in [0.29, 0.717) is 6.61 Å². The number of hydrogen-bond donors (Lipinski definition) is 0. The van der Waals surface area contributed by atoms with Gasteiger partial charge in [0.15, 0.2) is 5.60 Å². The summed E-state index contributed by atoms with van der Waals surface area (Å²) in [7, 11) is 0. The molecule has 2 rings (SSSR count). The first kappa shape index (κ1) is 11.9. The molecule has 0 radical (unpaired) electrons. The van der Waals surface area contributed by atoms with Crippen LogP contribution in [0.4, 0.5) is 0 Å². The van der Waals surface area contributed by atoms with E-state index in [1.807, 2.05) is 13.8 Å². The van der Waals surface area contributed by atoms with Crippen LogP contribution in [0.1, 0.15) is 52.9 Å². The number of epoxide rings is 1. The summed E-state index contributed by atoms with van der Waals surface area (Å²) in [6.45, 7) is 6.58. The van der Waals surface area contributed by atoms with Crippen molar-refractivity contribution in [2.75, 3.05) is 6.61 Å². The van der Waals surface area contributed by atoms with E-state index in [1.165, 1.54) is 12.8 Å². The van der Waals surface area contributed by atoms with E-state index in [9.17, 15) is 4.79 Å². The van der Waals surface area contributed by atoms with Gasteiger partial charge in [0, 0.05) is 0 Å². The molecule has 0 aromatic rings. The van der Waals surface area contributed by atoms with E-state index in [-0.39, 0.29) is 11.6 Å². The summed E-state index contributed by atoms with van der Waals surface area (Å²) in [6, 6.07) is 0. The molecular weight excluding hydrogens is 204 g/mol. The molecule has 2 aliphatic rings. The topological polar surface area (TPSA) is 38.8 Å². The van der Waals surface area contributed by atoms with Gasteiger partial charge in [-0.15, -0.1) is 0 Å². The van der Waals surface area contributed by atoms with Crippen LogP contribution in [-0.4, -0.2) is 23.8 Å². The largest absolute Gasteiger partial charge is 0.464 e. The molecule has 1 heterocycles. The molecule has 3 heteroatoms. The molecule has 1 saturated carbocycles. The van der Waals surface area contributed by atoms with E-state index in [2.05, 4.69) is 6.92 Å². The van der Waals surface area contributed by atoms with Crippen LogP contribution in [0.15, 0.2) is 0 Å². The van der Waals surface area contributed by atoms with Crippen LogP contribution in [0.3, 0.4) is 0 Å². The number of hydrogen-bond acceptors (Lipinski definition) is 3. The molecule has 3 nitrogen and oxygen atoms in total. The predicted octanol–water partition coefficient (Wildman–Crippen LogP) is 2.68. The highest BCUT2D eigenvalue weighted by Crippen LogP contribution is 2.59. The van der Waals surface area contributed by atoms with E-state index < -0.39 is 5.60 Å². The van der Waals surface area contributed by atoms with Crippen LogP contribution in [0, 0.1) is 5.92 Å². The minimum Gasteiger partial charge on any atom is -0.464 e. The minimum absolute atomic E-state index is 0.146. The summed E-state index contributed by atoms with van der Waals surface area (Å²) in [5.74, 6) is 0.624. The van der Waals surface area contributed by atoms with Gasteiger partial charge in [0.25, 0.3) is 0 Å². The Morgan fingerprint density at radius 3 is 2.50 bits per heavy atom. The van der Waals surface area contributed by atoms with Gasteiger partial charge in [-0.2, -0.15) is 0 Å². The summed E-state index contributed by atoms with van der Waals surface area (Å²) >= 11 is 0. The van der Waals surface area contributed by atoms with Crippen molar-refractivity contribution >= 4 is 5.97 Å². The zero-order valence-corrected chi connectivity index (χ0v) is 10.5. The fraction of sp³-hybridized carbons (Fsp3) is 0.923. The molecule has 92 valence electrons. The summed E-state index contributed by atoms with van der Waals surface area (Å²) in [5, 5.41) is 0. The molecular formula is C13H22O3. The molecule has 1 aliphatic carbocycles. The maximum Gasteiger partial charge on any atom is 0.341 e. The average molecular weight is 226 g/mol. The van der Waals surface area contributed by atoms with Crippen molar-refractivity contribution in [2.24, 2.45) is 5.92 Å². The van der Waals surface area contributed by atoms with Gasteiger partial charge in [0.1, 0.15) is 5.60 Å². The van der Waals surface area contributed by atoms with Crippen LogP contribution in [-0.2, 0) is 14.3 Å². The molecule has 16 heavy (non-hydrogen) atoms. The number of carbonyl (C=O) groups excluding carboxylic acids is 1. The molecule has 0 aromatic heterocycles. The predicted molar refractivity (Wildman–Crippen MR) is 61.1 cm³/mol. The van der Waals surface area contributed by atoms with Crippen molar-refractivity contribution in [3.8, 4) is 0 Å². The van der Waals surface area contributed by atoms with Crippen molar-refractivity contribution < 1.29 is 14.3 Å². The van der Waals surface area contributed by atoms with Gasteiger partial charge in [0.2, 0.25) is 0 Å². The minimum atomic E-state index is -0.608. The first-order valence-electron chi connectivity index (χ1n) is 6.47. The Morgan fingerprint density at radius 2 is 2.00 bits per heavy atom. The molecule has 2 fully saturated rings. The average Bonchev–Trinajstić information content (AvgIpc) is 2.93. The first-order valence-corrected chi connectivity index (χ1v) is 6.47. The first-order chi connectivity index (χ1) is 7.60. The molecule has 1 spiro atoms. The van der Waals surface area contributed by atoms with Crippen molar-refractivity contribution in [3.05, 3.63) is 0 Å². The van der Waals surface area contributed by atoms with Gasteiger partial charge in [0.05, 0.1) is 6.61 Å². The molecule has 1 unspecified atom stereocenters. The summed E-state index contributed by atoms with van der Waals surface area (Å²) < 4.78 is 11.0. The van der Waals surface area contributed by atoms with Crippen molar-refractivity contribution in [1.29, 1.82) is 0 Å². The second-order valence-corrected chi connectivity index (χ2v) is 5.18. The maximum atomic E-state index is 12.0. The van der Waals surface area contributed by atoms with Crippen LogP contribution < -0.4 is 0 Å². The summed E-state index contributed by atoms with van der Waals surface area (Å²) in [6.07, 6.45) is 5.10. The molecule has 0 bridgehead atoms. The highest BCUT2D eigenvalue weighted by Gasteiger charge is 2.74. The smallest absolute Gasteiger partial charge is 0.341 e. The Morgan fingerprint density at radius 1 is 1.38 bits per heavy atom. The SMILES string of the molecule is CCOC(=O)C1(CC)OC12CCC(C)CC2. The number of carbonyl (C=O) groups is 1. The second-order valence-electron chi connectivity index (χ2n) is 5.18. The molecule has 0 amide bonds. The van der Waals surface area contributed by atoms with Crippen LogP contribution in [0.2, 0.25) is 0 Å². The lowest BCUT2D eigenvalue weighted by molar-refractivity contribution is -0.149. The monoisotopic (exact) mass is 226 g/mol.